The van der Waals surface area contributed by atoms with Crippen LogP contribution in [0.2, 0.25) is 0 Å². The maximum Gasteiger partial charge on any atom is 0.160 e. The second kappa shape index (κ2) is 14.2. The normalized spacial score (nSPS) is 11.8. The molecule has 294 valence electrons. The molecule has 0 aliphatic rings. The van der Waals surface area contributed by atoms with E-state index in [1.807, 2.05) is 6.07 Å². The Morgan fingerprint density at radius 3 is 1.43 bits per heavy atom. The summed E-state index contributed by atoms with van der Waals surface area (Å²) in [4.78, 5) is 10.7. The van der Waals surface area contributed by atoms with Crippen LogP contribution >= 0.6 is 11.3 Å². The second-order valence-corrected chi connectivity index (χ2v) is 17.1. The predicted octanol–water partition coefficient (Wildman–Crippen LogP) is 15.7. The molecule has 0 aliphatic heterocycles. The first-order chi connectivity index (χ1) is 31.3. The van der Waals surface area contributed by atoms with Gasteiger partial charge in [-0.05, 0) is 59.7 Å². The Labute approximate surface area is 367 Å². The molecule has 4 nitrogen and oxygen atoms in total. The number of nitrogens with zero attached hydrogens (tertiary/aromatic N) is 4. The van der Waals surface area contributed by atoms with Crippen LogP contribution in [-0.4, -0.2) is 19.1 Å². The zero-order chi connectivity index (χ0) is 41.4. The highest BCUT2D eigenvalue weighted by Crippen LogP contribution is 2.52. The zero-order valence-corrected chi connectivity index (χ0v) is 34.8. The molecule has 5 heteroatoms. The van der Waals surface area contributed by atoms with Gasteiger partial charge in [-0.15, -0.1) is 11.3 Å². The van der Waals surface area contributed by atoms with Crippen molar-refractivity contribution in [1.82, 2.24) is 19.1 Å². The predicted molar refractivity (Wildman–Crippen MR) is 265 cm³/mol. The molecule has 0 atom stereocenters. The van der Waals surface area contributed by atoms with Crippen molar-refractivity contribution in [3.63, 3.8) is 0 Å². The number of rotatable bonds is 6. The largest absolute Gasteiger partial charge is 0.309 e. The summed E-state index contributed by atoms with van der Waals surface area (Å²) in [5, 5.41) is 5.97. The first-order valence-corrected chi connectivity index (χ1v) is 22.2. The van der Waals surface area contributed by atoms with Crippen molar-refractivity contribution >= 4 is 75.3 Å². The molecule has 0 spiro atoms. The Bertz CT molecular complexity index is 3880. The first kappa shape index (κ1) is 35.6. The summed E-state index contributed by atoms with van der Waals surface area (Å²) < 4.78 is 7.27. The van der Waals surface area contributed by atoms with E-state index in [1.54, 1.807) is 11.3 Å². The average molecular weight is 821 g/mol. The fourth-order valence-electron chi connectivity index (χ4n) is 9.88. The van der Waals surface area contributed by atoms with Gasteiger partial charge in [0.25, 0.3) is 0 Å². The van der Waals surface area contributed by atoms with Crippen LogP contribution in [0.15, 0.2) is 218 Å². The molecular formula is C58H36N4S. The van der Waals surface area contributed by atoms with Crippen LogP contribution in [0.25, 0.3) is 120 Å². The molecule has 0 aliphatic carbocycles. The summed E-state index contributed by atoms with van der Waals surface area (Å²) in [6, 6.07) is 78.6. The topological polar surface area (TPSA) is 35.6 Å². The standard InChI is InChI=1S/C58H36N4S/c1-5-20-37(21-6-1)49-51-43-30-13-16-33-46(43)62(42-28-11-4-12-29-42)56(51)50(52-44-31-14-17-34-47(44)61(55(49)52)41-26-9-3-10-27-41)39-24-19-25-40(36-39)53-57-54(45-32-15-18-35-48(45)63-57)60-58(59-53)38-22-7-2-8-23-38/h1-36H. The van der Waals surface area contributed by atoms with Gasteiger partial charge in [0.05, 0.1) is 38.0 Å². The van der Waals surface area contributed by atoms with Crippen LogP contribution in [0.1, 0.15) is 0 Å². The Morgan fingerprint density at radius 2 is 0.825 bits per heavy atom. The summed E-state index contributed by atoms with van der Waals surface area (Å²) in [6.07, 6.45) is 0. The van der Waals surface area contributed by atoms with Crippen molar-refractivity contribution in [3.05, 3.63) is 218 Å². The van der Waals surface area contributed by atoms with Gasteiger partial charge < -0.3 is 9.13 Å². The van der Waals surface area contributed by atoms with E-state index in [0.717, 1.165) is 66.2 Å². The number of fused-ring (bicyclic) bond motifs is 9. The van der Waals surface area contributed by atoms with Crippen LogP contribution in [-0.2, 0) is 0 Å². The summed E-state index contributed by atoms with van der Waals surface area (Å²) in [5.74, 6) is 0.721. The third-order valence-corrected chi connectivity index (χ3v) is 13.7. The highest BCUT2D eigenvalue weighted by Gasteiger charge is 2.29. The van der Waals surface area contributed by atoms with Gasteiger partial charge in [-0.2, -0.15) is 0 Å². The second-order valence-electron chi connectivity index (χ2n) is 16.1. The summed E-state index contributed by atoms with van der Waals surface area (Å²) >= 11 is 1.77. The average Bonchev–Trinajstić information content (AvgIpc) is 4.02. The Balaban J connectivity index is 1.24. The number of hydrogen-bond donors (Lipinski definition) is 0. The maximum absolute atomic E-state index is 5.43. The quantitative estimate of drug-likeness (QED) is 0.167. The minimum atomic E-state index is 0.721. The lowest BCUT2D eigenvalue weighted by Crippen LogP contribution is -1.99. The van der Waals surface area contributed by atoms with Gasteiger partial charge in [0.1, 0.15) is 0 Å². The van der Waals surface area contributed by atoms with Crippen molar-refractivity contribution in [2.45, 2.75) is 0 Å². The SMILES string of the molecule is c1ccc(-c2nc(-c3cccc(-c4c5c6ccccc6n(-c6ccccc6)c5c(-c5ccccc5)c5c6ccccc6n(-c6ccccc6)c45)c3)c3sc4ccccc4c3n2)cc1. The molecular weight excluding hydrogens is 785 g/mol. The number of hydrogen-bond acceptors (Lipinski definition) is 3. The molecule has 0 bridgehead atoms. The molecule has 0 amide bonds. The number of thiophene rings is 1. The van der Waals surface area contributed by atoms with E-state index in [0.29, 0.717) is 0 Å². The lowest BCUT2D eigenvalue weighted by molar-refractivity contribution is 1.17. The van der Waals surface area contributed by atoms with Crippen LogP contribution in [0.4, 0.5) is 0 Å². The first-order valence-electron chi connectivity index (χ1n) is 21.3. The molecule has 0 unspecified atom stereocenters. The summed E-state index contributed by atoms with van der Waals surface area (Å²) in [5.41, 5.74) is 15.5. The van der Waals surface area contributed by atoms with E-state index < -0.39 is 0 Å². The molecule has 0 saturated carbocycles. The van der Waals surface area contributed by atoms with E-state index in [4.69, 9.17) is 9.97 Å². The number of aromatic nitrogens is 4. The Morgan fingerprint density at radius 1 is 0.365 bits per heavy atom. The molecule has 4 aromatic heterocycles. The Kier molecular flexibility index (Phi) is 8.05. The zero-order valence-electron chi connectivity index (χ0n) is 34.0. The van der Waals surface area contributed by atoms with E-state index in [1.165, 1.54) is 54.0 Å². The summed E-state index contributed by atoms with van der Waals surface area (Å²) in [6.45, 7) is 0. The number of para-hydroxylation sites is 4. The minimum Gasteiger partial charge on any atom is -0.309 e. The summed E-state index contributed by atoms with van der Waals surface area (Å²) in [7, 11) is 0. The van der Waals surface area contributed by atoms with Gasteiger partial charge in [0.2, 0.25) is 0 Å². The maximum atomic E-state index is 5.43. The van der Waals surface area contributed by atoms with Gasteiger partial charge >= 0.3 is 0 Å². The molecule has 0 radical (unpaired) electrons. The van der Waals surface area contributed by atoms with Crippen molar-refractivity contribution < 1.29 is 0 Å². The van der Waals surface area contributed by atoms with Crippen LogP contribution in [0, 0.1) is 0 Å². The molecule has 9 aromatic carbocycles. The third kappa shape index (κ3) is 5.47. The van der Waals surface area contributed by atoms with Crippen molar-refractivity contribution in [3.8, 4) is 56.3 Å². The lowest BCUT2D eigenvalue weighted by Gasteiger charge is -2.19. The fraction of sp³-hybridized carbons (Fsp3) is 0. The van der Waals surface area contributed by atoms with Crippen molar-refractivity contribution in [2.75, 3.05) is 0 Å². The molecule has 0 N–H and O–H groups in total. The van der Waals surface area contributed by atoms with Gasteiger partial charge in [-0.3, -0.25) is 0 Å². The Hall–Kier alpha value is -8.12. The minimum absolute atomic E-state index is 0.721. The van der Waals surface area contributed by atoms with E-state index >= 15 is 0 Å². The van der Waals surface area contributed by atoms with E-state index in [-0.39, 0.29) is 0 Å². The molecule has 13 rings (SSSR count). The van der Waals surface area contributed by atoms with Gasteiger partial charge in [0.15, 0.2) is 5.82 Å². The molecule has 13 aromatic rings. The van der Waals surface area contributed by atoms with Crippen LogP contribution < -0.4 is 0 Å². The lowest BCUT2D eigenvalue weighted by atomic mass is 9.89. The smallest absolute Gasteiger partial charge is 0.160 e. The van der Waals surface area contributed by atoms with Crippen LogP contribution in [0.3, 0.4) is 0 Å². The van der Waals surface area contributed by atoms with Crippen LogP contribution in [0.5, 0.6) is 0 Å². The van der Waals surface area contributed by atoms with E-state index in [2.05, 4.69) is 221 Å². The fourth-order valence-corrected chi connectivity index (χ4v) is 11.0. The molecule has 4 heterocycles. The van der Waals surface area contributed by atoms with Gasteiger partial charge in [0, 0.05) is 65.3 Å². The van der Waals surface area contributed by atoms with Crippen molar-refractivity contribution in [2.24, 2.45) is 0 Å². The van der Waals surface area contributed by atoms with E-state index in [9.17, 15) is 0 Å². The molecule has 0 saturated heterocycles. The highest BCUT2D eigenvalue weighted by atomic mass is 32.1. The molecule has 0 fully saturated rings. The van der Waals surface area contributed by atoms with Gasteiger partial charge in [-0.25, -0.2) is 9.97 Å². The number of benzene rings is 9. The monoisotopic (exact) mass is 820 g/mol. The highest BCUT2D eigenvalue weighted by molar-refractivity contribution is 7.26. The third-order valence-electron chi connectivity index (χ3n) is 12.5. The van der Waals surface area contributed by atoms with Gasteiger partial charge in [-0.1, -0.05) is 170 Å². The van der Waals surface area contributed by atoms with Crippen molar-refractivity contribution in [1.29, 1.82) is 0 Å². The molecule has 63 heavy (non-hydrogen) atoms.